The van der Waals surface area contributed by atoms with E-state index in [1.165, 1.54) is 121 Å². The molecule has 0 atom stereocenters. The molecule has 2 aliphatic carbocycles. The Balaban J connectivity index is 0.000000122. The third-order valence-electron chi connectivity index (χ3n) is 29.1. The van der Waals surface area contributed by atoms with Crippen LogP contribution in [0.1, 0.15) is 45.9 Å². The third kappa shape index (κ3) is 12.9. The standard InChI is InChI=1S/C64H40N6.C40H25ClN4.C24H16N2.Na.H/c1-4-20-41(21-5-1)61-65-62(67-63(66-61)70-56-34-18-13-29-48(56)50-39-49-47-28-12-17-33-55(47)68(59(49)40-60(50)70)43-22-6-2-7-23-43)42-36-37-58-54(38-42)64(51-30-14-10-26-45(51)46-27-11-15-31-52(46)64)53-32-16-19-35-57(53)69(58)44-24-8-3-9-25-44;41-39-43-37(26-13-3-1-4-14-26)42-38(44-39)27-23-24-36-34(25-27)40(31-19-9-7-17-29(31)30-18-8-10-20-32(30)40)33-21-11-12-22-35(33)45(36)28-15-5-2-6-16-28;1-2-8-16(9-3-1)26-23-13-7-5-11-18(23)20-14-19-17-10-4-6-12-21(17)25-22(19)15-24(20)26;;/h1-40H;1-25H;1-15,25H;;/q;;;+1;-1. The number of nitrogens with one attached hydrogen (secondary N) is 1. The van der Waals surface area contributed by atoms with Crippen LogP contribution in [0.5, 0.6) is 0 Å². The summed E-state index contributed by atoms with van der Waals surface area (Å²) in [7, 11) is 0. The topological polar surface area (TPSA) is 114 Å². The summed E-state index contributed by atoms with van der Waals surface area (Å²) in [6, 6.07) is 173. The van der Waals surface area contributed by atoms with Crippen molar-refractivity contribution in [2.45, 2.75) is 10.8 Å². The van der Waals surface area contributed by atoms with Crippen LogP contribution in [0, 0.1) is 0 Å². The summed E-state index contributed by atoms with van der Waals surface area (Å²) in [5.41, 5.74) is 35.4. The number of anilines is 6. The van der Waals surface area contributed by atoms with E-state index >= 15 is 0 Å². The van der Waals surface area contributed by atoms with Crippen molar-refractivity contribution in [3.63, 3.8) is 0 Å². The molecule has 0 bridgehead atoms. The zero-order valence-corrected chi connectivity index (χ0v) is 79.7. The smallest absolute Gasteiger partial charge is 1.00 e. The van der Waals surface area contributed by atoms with Gasteiger partial charge in [-0.2, -0.15) is 19.9 Å². The van der Waals surface area contributed by atoms with Crippen molar-refractivity contribution in [2.75, 3.05) is 9.80 Å². The number of rotatable bonds is 9. The van der Waals surface area contributed by atoms with Crippen molar-refractivity contribution in [1.29, 1.82) is 0 Å². The summed E-state index contributed by atoms with van der Waals surface area (Å²) in [6.45, 7) is 0. The van der Waals surface area contributed by atoms with E-state index in [4.69, 9.17) is 31.5 Å². The SMILES string of the molecule is Clc1nc(-c2ccccc2)nc(-c2ccc3c(c2)C2(c4ccccc4-c4ccccc42)c2ccccc2N3c2ccccc2)n1.[H-].[Na+].c1ccc(-c2nc(-c3ccc4c(c3)C3(c5ccccc5-c5ccccc53)c3ccccc3N4c3ccccc3)nc(-n3c4ccccc4c4cc5c6ccccc6n(-c6ccccc6)c5cc43)n2)cc1.c1ccc(-n2c3ccccc3c3cc4c(cc32)[nH]c2ccccc24)cc1. The van der Waals surface area contributed by atoms with Gasteiger partial charge in [-0.05, 0) is 224 Å². The van der Waals surface area contributed by atoms with Gasteiger partial charge in [0.1, 0.15) is 0 Å². The van der Waals surface area contributed by atoms with Gasteiger partial charge in [-0.25, -0.2) is 9.97 Å². The molecule has 12 nitrogen and oxygen atoms in total. The molecule has 8 heterocycles. The predicted octanol–water partition coefficient (Wildman–Crippen LogP) is 29.1. The molecule has 30 rings (SSSR count). The van der Waals surface area contributed by atoms with E-state index in [1.54, 1.807) is 0 Å². The maximum atomic E-state index is 6.55. The van der Waals surface area contributed by atoms with Crippen LogP contribution in [0.4, 0.5) is 34.1 Å². The Bertz CT molecular complexity index is 9470. The molecule has 4 aliphatic rings. The minimum atomic E-state index is -0.631. The Labute approximate surface area is 846 Å². The van der Waals surface area contributed by atoms with Crippen LogP contribution in [-0.2, 0) is 10.8 Å². The van der Waals surface area contributed by atoms with Crippen LogP contribution < -0.4 is 39.4 Å². The molecule has 1 N–H and O–H groups in total. The molecule has 2 spiro atoms. The normalized spacial score (nSPS) is 13.0. The molecule has 0 saturated heterocycles. The van der Waals surface area contributed by atoms with E-state index in [9.17, 15) is 0 Å². The minimum Gasteiger partial charge on any atom is -1.00 e. The second-order valence-corrected chi connectivity index (χ2v) is 36.8. The molecule has 0 amide bonds. The van der Waals surface area contributed by atoms with E-state index in [0.717, 1.165) is 100 Å². The summed E-state index contributed by atoms with van der Waals surface area (Å²) in [5.74, 6) is 2.84. The van der Waals surface area contributed by atoms with Crippen molar-refractivity contribution in [2.24, 2.45) is 0 Å². The molecule has 2 aliphatic heterocycles. The molecule has 6 aromatic heterocycles. The van der Waals surface area contributed by atoms with Crippen molar-refractivity contribution in [3.8, 4) is 85.1 Å². The van der Waals surface area contributed by atoms with Gasteiger partial charge in [0.05, 0.1) is 66.7 Å². The van der Waals surface area contributed by atoms with Gasteiger partial charge in [0.15, 0.2) is 23.3 Å². The Morgan fingerprint density at radius 2 is 0.514 bits per heavy atom. The van der Waals surface area contributed by atoms with E-state index in [0.29, 0.717) is 29.2 Å². The summed E-state index contributed by atoms with van der Waals surface area (Å²) in [5, 5.41) is 9.98. The molecule has 142 heavy (non-hydrogen) atoms. The first-order chi connectivity index (χ1) is 69.9. The Hall–Kier alpha value is -17.5. The molecule has 26 aromatic rings. The van der Waals surface area contributed by atoms with E-state index in [-0.39, 0.29) is 36.3 Å². The number of hydrogen-bond acceptors (Lipinski definition) is 8. The summed E-state index contributed by atoms with van der Waals surface area (Å²) < 4.78 is 6.97. The maximum Gasteiger partial charge on any atom is 1.00 e. The first-order valence-electron chi connectivity index (χ1n) is 47.7. The number of fused-ring (bicyclic) bond motifs is 30. The number of H-pyrrole nitrogens is 1. The zero-order chi connectivity index (χ0) is 93.0. The third-order valence-corrected chi connectivity index (χ3v) is 29.3. The summed E-state index contributed by atoms with van der Waals surface area (Å²) in [6.07, 6.45) is 0. The monoisotopic (exact) mass is 1840 g/mol. The fourth-order valence-electron chi connectivity index (χ4n) is 23.4. The van der Waals surface area contributed by atoms with Crippen LogP contribution >= 0.6 is 11.6 Å². The molecule has 0 radical (unpaired) electrons. The van der Waals surface area contributed by atoms with E-state index < -0.39 is 10.8 Å². The van der Waals surface area contributed by atoms with Gasteiger partial charge in [-0.1, -0.05) is 340 Å². The second-order valence-electron chi connectivity index (χ2n) is 36.5. The maximum absolute atomic E-state index is 6.55. The molecular formula is C128H82ClN12Na. The van der Waals surface area contributed by atoms with Gasteiger partial charge < -0.3 is 25.3 Å². The molecule has 14 heteroatoms. The van der Waals surface area contributed by atoms with Gasteiger partial charge in [-0.3, -0.25) is 4.57 Å². The molecule has 0 unspecified atom stereocenters. The van der Waals surface area contributed by atoms with Gasteiger partial charge in [0, 0.05) is 99.1 Å². The van der Waals surface area contributed by atoms with E-state index in [2.05, 4.69) is 475 Å². The first-order valence-corrected chi connectivity index (χ1v) is 48.1. The number of aromatic nitrogens is 10. The Kier molecular flexibility index (Phi) is 19.9. The molecular weight excluding hydrogens is 1760 g/mol. The largest absolute Gasteiger partial charge is 1.00 e. The number of nitrogens with zero attached hydrogens (tertiary/aromatic N) is 11. The second kappa shape index (κ2) is 33.7. The minimum absolute atomic E-state index is 0. The fraction of sp³-hybridized carbons (Fsp3) is 0.0156. The number of benzene rings is 20. The quantitative estimate of drug-likeness (QED) is 0.142. The van der Waals surface area contributed by atoms with Gasteiger partial charge >= 0.3 is 29.6 Å². The van der Waals surface area contributed by atoms with Crippen LogP contribution in [0.3, 0.4) is 0 Å². The zero-order valence-electron chi connectivity index (χ0n) is 78.0. The van der Waals surface area contributed by atoms with Crippen molar-refractivity contribution in [1.82, 2.24) is 48.6 Å². The van der Waals surface area contributed by atoms with Crippen molar-refractivity contribution < 1.29 is 31.0 Å². The van der Waals surface area contributed by atoms with E-state index in [1.807, 2.05) is 48.5 Å². The summed E-state index contributed by atoms with van der Waals surface area (Å²) in [4.78, 5) is 38.8. The first kappa shape index (κ1) is 83.8. The van der Waals surface area contributed by atoms with Crippen LogP contribution in [0.15, 0.2) is 485 Å². The van der Waals surface area contributed by atoms with Crippen molar-refractivity contribution in [3.05, 3.63) is 535 Å². The van der Waals surface area contributed by atoms with Crippen LogP contribution in [0.25, 0.3) is 172 Å². The molecule has 0 saturated carbocycles. The average molecular weight is 1850 g/mol. The number of aromatic amines is 1. The Morgan fingerprint density at radius 3 is 0.951 bits per heavy atom. The molecule has 662 valence electrons. The van der Waals surface area contributed by atoms with Gasteiger partial charge in [0.25, 0.3) is 0 Å². The molecule has 0 fully saturated rings. The van der Waals surface area contributed by atoms with Crippen molar-refractivity contribution >= 4 is 133 Å². The fourth-order valence-corrected chi connectivity index (χ4v) is 23.5. The van der Waals surface area contributed by atoms with Crippen LogP contribution in [-0.4, -0.2) is 48.6 Å². The van der Waals surface area contributed by atoms with Crippen LogP contribution in [0.2, 0.25) is 5.28 Å². The summed E-state index contributed by atoms with van der Waals surface area (Å²) >= 11 is 6.55. The Morgan fingerprint density at radius 1 is 0.204 bits per heavy atom. The average Bonchev–Trinajstić information content (AvgIpc) is 1.53. The number of hydrogen-bond donors (Lipinski definition) is 1. The molecule has 20 aromatic carbocycles. The van der Waals surface area contributed by atoms with Gasteiger partial charge in [0.2, 0.25) is 11.2 Å². The number of halogens is 1. The predicted molar refractivity (Wildman–Crippen MR) is 577 cm³/mol. The van der Waals surface area contributed by atoms with Gasteiger partial charge in [-0.15, -0.1) is 0 Å². The number of para-hydroxylation sites is 10.